The van der Waals surface area contributed by atoms with Gasteiger partial charge in [0, 0.05) is 16.2 Å². The van der Waals surface area contributed by atoms with Crippen LogP contribution in [-0.2, 0) is 15.9 Å². The molecule has 6 heteroatoms. The topological polar surface area (TPSA) is 76.4 Å². The molecule has 3 aromatic rings. The molecule has 0 aromatic heterocycles. The lowest BCUT2D eigenvalue weighted by atomic mass is 9.88. The zero-order chi connectivity index (χ0) is 25.4. The van der Waals surface area contributed by atoms with Gasteiger partial charge in [-0.05, 0) is 87.2 Å². The normalized spacial score (nSPS) is 18.5. The highest BCUT2D eigenvalue weighted by Crippen LogP contribution is 2.39. The minimum atomic E-state index is -0.959. The van der Waals surface area contributed by atoms with Crippen molar-refractivity contribution in [2.24, 2.45) is 0 Å². The van der Waals surface area contributed by atoms with Crippen LogP contribution in [0.15, 0.2) is 72.8 Å². The van der Waals surface area contributed by atoms with Crippen LogP contribution in [0.25, 0.3) is 0 Å². The van der Waals surface area contributed by atoms with Gasteiger partial charge in [0.2, 0.25) is 5.91 Å². The first-order chi connectivity index (χ1) is 16.5. The zero-order valence-electron chi connectivity index (χ0n) is 20.4. The number of amides is 1. The van der Waals surface area contributed by atoms with Crippen LogP contribution in [0.3, 0.4) is 0 Å². The zero-order valence-corrected chi connectivity index (χ0v) is 21.2. The van der Waals surface area contributed by atoms with Crippen molar-refractivity contribution in [1.29, 1.82) is 5.26 Å². The first-order valence-electron chi connectivity index (χ1n) is 11.7. The lowest BCUT2D eigenvalue weighted by Gasteiger charge is -2.31. The van der Waals surface area contributed by atoms with E-state index in [0.29, 0.717) is 17.0 Å². The molecule has 4 rings (SSSR count). The molecule has 2 atom stereocenters. The van der Waals surface area contributed by atoms with Gasteiger partial charge in [-0.25, -0.2) is 0 Å². The Labute approximate surface area is 212 Å². The maximum absolute atomic E-state index is 13.8. The summed E-state index contributed by atoms with van der Waals surface area (Å²) in [5.41, 5.74) is 2.56. The summed E-state index contributed by atoms with van der Waals surface area (Å²) in [4.78, 5) is 15.6. The van der Waals surface area contributed by atoms with Crippen molar-refractivity contribution in [2.45, 2.75) is 57.3 Å². The van der Waals surface area contributed by atoms with Crippen molar-refractivity contribution in [3.8, 4) is 6.07 Å². The Kier molecular flexibility index (Phi) is 6.75. The van der Waals surface area contributed by atoms with Gasteiger partial charge in [0.1, 0.15) is 0 Å². The van der Waals surface area contributed by atoms with E-state index in [2.05, 4.69) is 11.4 Å². The number of benzene rings is 3. The van der Waals surface area contributed by atoms with Crippen LogP contribution < -0.4 is 10.2 Å². The number of anilines is 1. The van der Waals surface area contributed by atoms with Crippen molar-refractivity contribution in [2.75, 3.05) is 4.90 Å². The van der Waals surface area contributed by atoms with E-state index in [9.17, 15) is 15.2 Å². The van der Waals surface area contributed by atoms with E-state index < -0.39 is 17.2 Å². The molecule has 0 bridgehead atoms. The quantitative estimate of drug-likeness (QED) is 0.460. The summed E-state index contributed by atoms with van der Waals surface area (Å²) in [6.45, 7) is 7.61. The summed E-state index contributed by atoms with van der Waals surface area (Å²) in [5.74, 6) is -0.0357. The average molecular weight is 488 g/mol. The number of nitriles is 1. The summed E-state index contributed by atoms with van der Waals surface area (Å²) in [5, 5.41) is 23.9. The highest BCUT2D eigenvalue weighted by molar-refractivity contribution is 6.30. The van der Waals surface area contributed by atoms with Crippen LogP contribution in [0.1, 0.15) is 62.4 Å². The van der Waals surface area contributed by atoms with Gasteiger partial charge in [0.05, 0.1) is 29.3 Å². The monoisotopic (exact) mass is 487 g/mol. The minimum Gasteiger partial charge on any atom is -0.386 e. The number of rotatable bonds is 6. The summed E-state index contributed by atoms with van der Waals surface area (Å²) >= 11 is 6.29. The fraction of sp³-hybridized carbons (Fsp3) is 0.310. The Morgan fingerprint density at radius 1 is 1.00 bits per heavy atom. The summed E-state index contributed by atoms with van der Waals surface area (Å²) in [6, 6.07) is 24.0. The first-order valence-corrected chi connectivity index (χ1v) is 12.1. The van der Waals surface area contributed by atoms with Crippen molar-refractivity contribution >= 4 is 23.2 Å². The smallest absolute Gasteiger partial charge is 0.244 e. The molecule has 1 aliphatic rings. The Bertz CT molecular complexity index is 1270. The second kappa shape index (κ2) is 9.47. The number of nitrogens with zero attached hydrogens (tertiary/aromatic N) is 2. The van der Waals surface area contributed by atoms with E-state index in [0.717, 1.165) is 22.4 Å². The van der Waals surface area contributed by atoms with E-state index in [4.69, 9.17) is 11.6 Å². The molecule has 0 aliphatic carbocycles. The highest BCUT2D eigenvalue weighted by atomic mass is 35.5. The molecular weight excluding hydrogens is 458 g/mol. The van der Waals surface area contributed by atoms with Gasteiger partial charge < -0.3 is 10.0 Å². The standard InChI is InChI=1S/C29H30ClN3O2/c1-28(2,21-8-6-9-22(16-21)29(3,4)35)32-25-17-26(20-7-5-10-23(30)15-20)33(27(25)34)24-13-11-19(18-31)12-14-24/h5-16,25-26,32,35H,17H2,1-4H3/t25-,26-/m1/s1. The van der Waals surface area contributed by atoms with Gasteiger partial charge in [-0.3, -0.25) is 10.1 Å². The third-order valence-corrected chi connectivity index (χ3v) is 6.88. The summed E-state index contributed by atoms with van der Waals surface area (Å²) in [6.07, 6.45) is 0.563. The van der Waals surface area contributed by atoms with Crippen LogP contribution in [0.4, 0.5) is 5.69 Å². The molecule has 0 spiro atoms. The van der Waals surface area contributed by atoms with Gasteiger partial charge in [0.15, 0.2) is 0 Å². The molecule has 180 valence electrons. The van der Waals surface area contributed by atoms with Gasteiger partial charge in [-0.2, -0.15) is 5.26 Å². The Morgan fingerprint density at radius 3 is 2.29 bits per heavy atom. The first kappa shape index (κ1) is 24.9. The number of halogens is 1. The van der Waals surface area contributed by atoms with Gasteiger partial charge in [-0.1, -0.05) is 48.0 Å². The molecule has 0 saturated carbocycles. The minimum absolute atomic E-state index is 0.0357. The molecule has 2 N–H and O–H groups in total. The number of hydrogen-bond acceptors (Lipinski definition) is 4. The fourth-order valence-corrected chi connectivity index (χ4v) is 4.88. The Balaban J connectivity index is 1.68. The Hall–Kier alpha value is -3.17. The van der Waals surface area contributed by atoms with Crippen LogP contribution in [0.5, 0.6) is 0 Å². The largest absolute Gasteiger partial charge is 0.386 e. The lowest BCUT2D eigenvalue weighted by Crippen LogP contribution is -2.47. The third kappa shape index (κ3) is 5.26. The third-order valence-electron chi connectivity index (χ3n) is 6.64. The lowest BCUT2D eigenvalue weighted by molar-refractivity contribution is -0.119. The average Bonchev–Trinajstić information content (AvgIpc) is 3.14. The summed E-state index contributed by atoms with van der Waals surface area (Å²) in [7, 11) is 0. The van der Waals surface area contributed by atoms with E-state index in [-0.39, 0.29) is 11.9 Å². The number of aliphatic hydroxyl groups is 1. The molecule has 1 aliphatic heterocycles. The predicted molar refractivity (Wildman–Crippen MR) is 139 cm³/mol. The van der Waals surface area contributed by atoms with Crippen molar-refractivity contribution in [3.05, 3.63) is 100 Å². The molecule has 0 unspecified atom stereocenters. The Morgan fingerprint density at radius 2 is 1.66 bits per heavy atom. The maximum Gasteiger partial charge on any atom is 0.244 e. The van der Waals surface area contributed by atoms with Crippen LogP contribution in [0, 0.1) is 11.3 Å². The van der Waals surface area contributed by atoms with E-state index in [1.54, 1.807) is 30.9 Å². The number of nitrogens with one attached hydrogen (secondary N) is 1. The van der Waals surface area contributed by atoms with Gasteiger partial charge >= 0.3 is 0 Å². The van der Waals surface area contributed by atoms with E-state index in [1.165, 1.54) is 0 Å². The molecule has 0 radical (unpaired) electrons. The molecular formula is C29H30ClN3O2. The van der Waals surface area contributed by atoms with Crippen molar-refractivity contribution in [1.82, 2.24) is 5.32 Å². The second-order valence-electron chi connectivity index (χ2n) is 10.1. The van der Waals surface area contributed by atoms with Crippen LogP contribution in [0.2, 0.25) is 5.02 Å². The van der Waals surface area contributed by atoms with Gasteiger partial charge in [0.25, 0.3) is 0 Å². The second-order valence-corrected chi connectivity index (χ2v) is 10.6. The summed E-state index contributed by atoms with van der Waals surface area (Å²) < 4.78 is 0. The van der Waals surface area contributed by atoms with Crippen LogP contribution >= 0.6 is 11.6 Å². The number of hydrogen-bond donors (Lipinski definition) is 2. The maximum atomic E-state index is 13.8. The van der Waals surface area contributed by atoms with Crippen LogP contribution in [-0.4, -0.2) is 17.1 Å². The van der Waals surface area contributed by atoms with Crippen molar-refractivity contribution in [3.63, 3.8) is 0 Å². The molecule has 1 heterocycles. The molecule has 1 fully saturated rings. The molecule has 3 aromatic carbocycles. The highest BCUT2D eigenvalue weighted by Gasteiger charge is 2.43. The number of carbonyl (C=O) groups excluding carboxylic acids is 1. The van der Waals surface area contributed by atoms with Gasteiger partial charge in [-0.15, -0.1) is 0 Å². The number of carbonyl (C=O) groups is 1. The van der Waals surface area contributed by atoms with E-state index >= 15 is 0 Å². The molecule has 35 heavy (non-hydrogen) atoms. The molecule has 5 nitrogen and oxygen atoms in total. The predicted octanol–water partition coefficient (Wildman–Crippen LogP) is 5.81. The molecule has 1 saturated heterocycles. The van der Waals surface area contributed by atoms with E-state index in [1.807, 2.05) is 74.5 Å². The van der Waals surface area contributed by atoms with Crippen molar-refractivity contribution < 1.29 is 9.90 Å². The fourth-order valence-electron chi connectivity index (χ4n) is 4.68. The molecule has 1 amide bonds. The SMILES string of the molecule is CC(C)(O)c1cccc(C(C)(C)N[C@@H]2C[C@H](c3cccc(Cl)c3)N(c3ccc(C#N)cc3)C2=O)c1.